The normalized spacial score (nSPS) is 11.1. The SMILES string of the molecule is CC(=O)Nc1cccc(-c2cnc(N)c(/C(=N/N=N)Nc3cccc(F)c3C)c2)c1. The average Bonchev–Trinajstić information content (AvgIpc) is 2.71. The van der Waals surface area contributed by atoms with Crippen LogP contribution in [0, 0.1) is 18.3 Å². The van der Waals surface area contributed by atoms with Gasteiger partial charge in [-0.3, -0.25) is 4.79 Å². The summed E-state index contributed by atoms with van der Waals surface area (Å²) in [7, 11) is 0. The summed E-state index contributed by atoms with van der Waals surface area (Å²) in [6.45, 7) is 3.06. The van der Waals surface area contributed by atoms with Crippen LogP contribution in [0.4, 0.5) is 21.6 Å². The van der Waals surface area contributed by atoms with E-state index in [1.165, 1.54) is 13.0 Å². The number of carbonyl (C=O) groups is 1. The second-order valence-corrected chi connectivity index (χ2v) is 6.50. The molecule has 30 heavy (non-hydrogen) atoms. The van der Waals surface area contributed by atoms with Crippen molar-refractivity contribution >= 4 is 28.9 Å². The number of hydrogen-bond donors (Lipinski definition) is 4. The van der Waals surface area contributed by atoms with Crippen LogP contribution in [0.5, 0.6) is 0 Å². The van der Waals surface area contributed by atoms with Gasteiger partial charge in [-0.2, -0.15) is 5.53 Å². The van der Waals surface area contributed by atoms with E-state index in [9.17, 15) is 9.18 Å². The van der Waals surface area contributed by atoms with E-state index in [1.54, 1.807) is 49.5 Å². The van der Waals surface area contributed by atoms with Crippen molar-refractivity contribution < 1.29 is 9.18 Å². The standard InChI is InChI=1S/C21H20FN7O/c1-12-18(22)7-4-8-19(12)27-21(28-29-24)17-10-15(11-25-20(17)23)14-5-3-6-16(9-14)26-13(2)30/h3-11H,1-2H3,(H2,23,25)(H,26,30)(H2,24,27,28). The van der Waals surface area contributed by atoms with Crippen molar-refractivity contribution in [1.82, 2.24) is 4.98 Å². The lowest BCUT2D eigenvalue weighted by atomic mass is 10.0. The molecule has 9 heteroatoms. The first kappa shape index (κ1) is 20.6. The molecule has 3 aromatic rings. The van der Waals surface area contributed by atoms with Crippen molar-refractivity contribution in [3.63, 3.8) is 0 Å². The zero-order valence-electron chi connectivity index (χ0n) is 16.4. The minimum absolute atomic E-state index is 0.156. The highest BCUT2D eigenvalue weighted by Crippen LogP contribution is 2.26. The zero-order valence-corrected chi connectivity index (χ0v) is 16.4. The van der Waals surface area contributed by atoms with Crippen molar-refractivity contribution in [2.75, 3.05) is 16.4 Å². The van der Waals surface area contributed by atoms with E-state index in [0.29, 0.717) is 28.1 Å². The van der Waals surface area contributed by atoms with E-state index < -0.39 is 0 Å². The summed E-state index contributed by atoms with van der Waals surface area (Å²) in [5.74, 6) is -0.231. The molecular weight excluding hydrogens is 385 g/mol. The van der Waals surface area contributed by atoms with Crippen LogP contribution < -0.4 is 16.4 Å². The second kappa shape index (κ2) is 8.91. The Morgan fingerprint density at radius 3 is 2.63 bits per heavy atom. The van der Waals surface area contributed by atoms with Crippen LogP contribution in [0.15, 0.2) is 65.1 Å². The van der Waals surface area contributed by atoms with E-state index in [1.807, 2.05) is 6.07 Å². The molecule has 8 nitrogen and oxygen atoms in total. The number of benzene rings is 2. The molecule has 0 saturated heterocycles. The Hall–Kier alpha value is -4.14. The molecule has 3 rings (SSSR count). The molecule has 152 valence electrons. The maximum Gasteiger partial charge on any atom is 0.221 e. The maximum atomic E-state index is 13.9. The largest absolute Gasteiger partial charge is 0.383 e. The first-order valence-electron chi connectivity index (χ1n) is 8.99. The van der Waals surface area contributed by atoms with Crippen LogP contribution in [0.3, 0.4) is 0 Å². The van der Waals surface area contributed by atoms with Gasteiger partial charge in [0.2, 0.25) is 5.91 Å². The quantitative estimate of drug-likeness (QED) is 0.215. The Balaban J connectivity index is 2.02. The number of nitrogens with zero attached hydrogens (tertiary/aromatic N) is 3. The number of pyridine rings is 1. The third-order valence-corrected chi connectivity index (χ3v) is 4.36. The van der Waals surface area contributed by atoms with Gasteiger partial charge in [0, 0.05) is 35.6 Å². The van der Waals surface area contributed by atoms with Crippen molar-refractivity contribution in [3.8, 4) is 11.1 Å². The molecule has 1 amide bonds. The first-order valence-corrected chi connectivity index (χ1v) is 8.99. The average molecular weight is 405 g/mol. The summed E-state index contributed by atoms with van der Waals surface area (Å²) in [5, 5.41) is 12.6. The van der Waals surface area contributed by atoms with Gasteiger partial charge in [-0.05, 0) is 42.8 Å². The molecular formula is C21H20FN7O. The van der Waals surface area contributed by atoms with Gasteiger partial charge in [0.15, 0.2) is 5.84 Å². The Labute approximate surface area is 172 Å². The summed E-state index contributed by atoms with van der Waals surface area (Å²) in [6.07, 6.45) is 1.59. The van der Waals surface area contributed by atoms with Gasteiger partial charge in [-0.1, -0.05) is 23.4 Å². The van der Waals surface area contributed by atoms with Crippen molar-refractivity contribution in [2.45, 2.75) is 13.8 Å². The predicted octanol–water partition coefficient (Wildman–Crippen LogP) is 4.54. The van der Waals surface area contributed by atoms with Crippen LogP contribution in [0.2, 0.25) is 0 Å². The number of amides is 1. The lowest BCUT2D eigenvalue weighted by Crippen LogP contribution is -2.17. The molecule has 0 aliphatic carbocycles. The molecule has 2 aromatic carbocycles. The lowest BCUT2D eigenvalue weighted by molar-refractivity contribution is -0.114. The maximum absolute atomic E-state index is 13.9. The molecule has 0 saturated carbocycles. The number of aromatic nitrogens is 1. The first-order chi connectivity index (χ1) is 14.4. The molecule has 1 aromatic heterocycles. The van der Waals surface area contributed by atoms with E-state index >= 15 is 0 Å². The van der Waals surface area contributed by atoms with Crippen LogP contribution in [0.25, 0.3) is 11.1 Å². The van der Waals surface area contributed by atoms with Gasteiger partial charge in [0.1, 0.15) is 11.6 Å². The van der Waals surface area contributed by atoms with E-state index in [-0.39, 0.29) is 23.4 Å². The lowest BCUT2D eigenvalue weighted by Gasteiger charge is -2.14. The molecule has 0 fully saturated rings. The molecule has 0 radical (unpaired) electrons. The highest BCUT2D eigenvalue weighted by Gasteiger charge is 2.14. The number of anilines is 3. The summed E-state index contributed by atoms with van der Waals surface area (Å²) in [5.41, 5.74) is 16.6. The van der Waals surface area contributed by atoms with Gasteiger partial charge >= 0.3 is 0 Å². The number of nitrogen functional groups attached to an aromatic ring is 1. The molecule has 1 heterocycles. The number of hydrogen-bond acceptors (Lipinski definition) is 5. The fourth-order valence-electron chi connectivity index (χ4n) is 2.87. The molecule has 0 unspecified atom stereocenters. The zero-order chi connectivity index (χ0) is 21.7. The summed E-state index contributed by atoms with van der Waals surface area (Å²) < 4.78 is 13.9. The van der Waals surface area contributed by atoms with Crippen LogP contribution in [-0.4, -0.2) is 16.7 Å². The number of halogens is 1. The van der Waals surface area contributed by atoms with Crippen molar-refractivity contribution in [2.24, 2.45) is 10.3 Å². The highest BCUT2D eigenvalue weighted by atomic mass is 19.1. The predicted molar refractivity (Wildman–Crippen MR) is 115 cm³/mol. The number of nitrogens with one attached hydrogen (secondary N) is 3. The van der Waals surface area contributed by atoms with Crippen LogP contribution in [0.1, 0.15) is 18.1 Å². The van der Waals surface area contributed by atoms with Gasteiger partial charge in [0.05, 0.1) is 5.56 Å². The number of nitrogens with two attached hydrogens (primary N) is 1. The molecule has 0 aliphatic rings. The monoisotopic (exact) mass is 405 g/mol. The number of carbonyl (C=O) groups excluding carboxylic acids is 1. The van der Waals surface area contributed by atoms with Crippen molar-refractivity contribution in [1.29, 1.82) is 5.53 Å². The minimum atomic E-state index is -0.378. The van der Waals surface area contributed by atoms with Gasteiger partial charge < -0.3 is 16.4 Å². The Bertz CT molecular complexity index is 1140. The summed E-state index contributed by atoms with van der Waals surface area (Å²) >= 11 is 0. The fourth-order valence-corrected chi connectivity index (χ4v) is 2.87. The number of amidine groups is 1. The Morgan fingerprint density at radius 1 is 1.13 bits per heavy atom. The molecule has 0 bridgehead atoms. The van der Waals surface area contributed by atoms with E-state index in [0.717, 1.165) is 5.56 Å². The minimum Gasteiger partial charge on any atom is -0.383 e. The topological polar surface area (TPSA) is 129 Å². The third kappa shape index (κ3) is 4.64. The third-order valence-electron chi connectivity index (χ3n) is 4.36. The van der Waals surface area contributed by atoms with Crippen LogP contribution in [-0.2, 0) is 4.79 Å². The Morgan fingerprint density at radius 2 is 1.90 bits per heavy atom. The number of rotatable bonds is 5. The second-order valence-electron chi connectivity index (χ2n) is 6.50. The van der Waals surface area contributed by atoms with E-state index in [2.05, 4.69) is 25.9 Å². The highest BCUT2D eigenvalue weighted by molar-refractivity contribution is 6.11. The van der Waals surface area contributed by atoms with Crippen molar-refractivity contribution in [3.05, 3.63) is 71.7 Å². The molecule has 0 aliphatic heterocycles. The molecule has 5 N–H and O–H groups in total. The molecule has 0 spiro atoms. The van der Waals surface area contributed by atoms with Gasteiger partial charge in [-0.25, -0.2) is 9.37 Å². The van der Waals surface area contributed by atoms with E-state index in [4.69, 9.17) is 11.3 Å². The van der Waals surface area contributed by atoms with Gasteiger partial charge in [-0.15, -0.1) is 5.10 Å². The smallest absolute Gasteiger partial charge is 0.221 e. The Kier molecular flexibility index (Phi) is 6.11. The van der Waals surface area contributed by atoms with Crippen LogP contribution >= 0.6 is 0 Å². The van der Waals surface area contributed by atoms with Gasteiger partial charge in [0.25, 0.3) is 0 Å². The molecule has 0 atom stereocenters. The summed E-state index contributed by atoms with van der Waals surface area (Å²) in [4.78, 5) is 15.6. The summed E-state index contributed by atoms with van der Waals surface area (Å²) in [6, 6.07) is 13.6. The fraction of sp³-hybridized carbons (Fsp3) is 0.0952.